The van der Waals surface area contributed by atoms with E-state index in [0.717, 1.165) is 17.1 Å². The van der Waals surface area contributed by atoms with Crippen LogP contribution in [0.25, 0.3) is 6.08 Å². The first-order chi connectivity index (χ1) is 9.78. The third-order valence-corrected chi connectivity index (χ3v) is 3.28. The first-order valence-electron chi connectivity index (χ1n) is 6.39. The molecular weight excluding hydrogens is 252 g/mol. The van der Waals surface area contributed by atoms with Crippen molar-refractivity contribution in [2.45, 2.75) is 0 Å². The van der Waals surface area contributed by atoms with E-state index in [1.54, 1.807) is 31.4 Å². The molecule has 0 spiro atoms. The molecule has 0 aromatic heterocycles. The summed E-state index contributed by atoms with van der Waals surface area (Å²) in [4.78, 5) is 12.4. The lowest BCUT2D eigenvalue weighted by molar-refractivity contribution is 0.102. The van der Waals surface area contributed by atoms with Gasteiger partial charge in [-0.3, -0.25) is 4.79 Å². The zero-order chi connectivity index (χ0) is 13.9. The largest absolute Gasteiger partial charge is 0.497 e. The number of para-hydroxylation sites is 1. The smallest absolute Gasteiger partial charge is 0.192 e. The molecule has 1 aliphatic rings. The van der Waals surface area contributed by atoms with Gasteiger partial charge in [-0.2, -0.15) is 0 Å². The highest BCUT2D eigenvalue weighted by molar-refractivity contribution is 6.12. The summed E-state index contributed by atoms with van der Waals surface area (Å²) in [6.45, 7) is 0.307. The van der Waals surface area contributed by atoms with Crippen molar-refractivity contribution < 1.29 is 14.3 Å². The van der Waals surface area contributed by atoms with Crippen LogP contribution in [0.4, 0.5) is 0 Å². The van der Waals surface area contributed by atoms with Crippen LogP contribution in [0.5, 0.6) is 11.5 Å². The van der Waals surface area contributed by atoms with Crippen LogP contribution in [0.15, 0.2) is 54.1 Å². The molecule has 0 atom stereocenters. The van der Waals surface area contributed by atoms with E-state index in [0.29, 0.717) is 17.7 Å². The van der Waals surface area contributed by atoms with Gasteiger partial charge in [0.05, 0.1) is 7.11 Å². The van der Waals surface area contributed by atoms with Crippen LogP contribution in [-0.4, -0.2) is 19.5 Å². The van der Waals surface area contributed by atoms with Crippen molar-refractivity contribution in [2.24, 2.45) is 0 Å². The Morgan fingerprint density at radius 1 is 1.10 bits per heavy atom. The fourth-order valence-corrected chi connectivity index (χ4v) is 2.17. The van der Waals surface area contributed by atoms with Crippen molar-refractivity contribution in [1.29, 1.82) is 0 Å². The molecule has 0 amide bonds. The molecule has 2 aromatic rings. The van der Waals surface area contributed by atoms with E-state index in [9.17, 15) is 4.79 Å². The predicted molar refractivity (Wildman–Crippen MR) is 77.2 cm³/mol. The van der Waals surface area contributed by atoms with Gasteiger partial charge in [0.15, 0.2) is 5.78 Å². The van der Waals surface area contributed by atoms with Crippen molar-refractivity contribution in [3.8, 4) is 11.5 Å². The molecule has 0 fully saturated rings. The first kappa shape index (κ1) is 12.5. The van der Waals surface area contributed by atoms with E-state index in [4.69, 9.17) is 9.47 Å². The molecule has 0 unspecified atom stereocenters. The average molecular weight is 266 g/mol. The summed E-state index contributed by atoms with van der Waals surface area (Å²) >= 11 is 0. The van der Waals surface area contributed by atoms with Gasteiger partial charge in [-0.1, -0.05) is 18.2 Å². The molecule has 0 bridgehead atoms. The van der Waals surface area contributed by atoms with Gasteiger partial charge in [-0.05, 0) is 36.4 Å². The van der Waals surface area contributed by atoms with Gasteiger partial charge in [0.1, 0.15) is 18.1 Å². The number of methoxy groups -OCH3 is 1. The molecule has 3 nitrogen and oxygen atoms in total. The van der Waals surface area contributed by atoms with E-state index in [-0.39, 0.29) is 5.78 Å². The Morgan fingerprint density at radius 2 is 1.85 bits per heavy atom. The third-order valence-electron chi connectivity index (χ3n) is 3.28. The van der Waals surface area contributed by atoms with Crippen molar-refractivity contribution in [3.63, 3.8) is 0 Å². The molecule has 3 heteroatoms. The van der Waals surface area contributed by atoms with Gasteiger partial charge in [0.25, 0.3) is 0 Å². The van der Waals surface area contributed by atoms with Gasteiger partial charge in [-0.25, -0.2) is 0 Å². The van der Waals surface area contributed by atoms with Crippen molar-refractivity contribution in [1.82, 2.24) is 0 Å². The molecule has 0 saturated carbocycles. The minimum absolute atomic E-state index is 0.0119. The molecule has 0 aliphatic carbocycles. The maximum absolute atomic E-state index is 12.4. The number of carbonyl (C=O) groups excluding carboxylic acids is 1. The van der Waals surface area contributed by atoms with Crippen molar-refractivity contribution in [3.05, 3.63) is 65.2 Å². The highest BCUT2D eigenvalue weighted by Crippen LogP contribution is 2.27. The number of hydrogen-bond acceptors (Lipinski definition) is 3. The summed E-state index contributed by atoms with van der Waals surface area (Å²) in [5.74, 6) is 1.54. The second-order valence-corrected chi connectivity index (χ2v) is 4.55. The quantitative estimate of drug-likeness (QED) is 0.799. The van der Waals surface area contributed by atoms with Crippen LogP contribution >= 0.6 is 0 Å². The Morgan fingerprint density at radius 3 is 2.60 bits per heavy atom. The number of fused-ring (bicyclic) bond motifs is 1. The van der Waals surface area contributed by atoms with E-state index in [1.807, 2.05) is 30.3 Å². The maximum Gasteiger partial charge on any atom is 0.192 e. The summed E-state index contributed by atoms with van der Waals surface area (Å²) < 4.78 is 10.7. The van der Waals surface area contributed by atoms with Gasteiger partial charge in [-0.15, -0.1) is 0 Å². The normalized spacial score (nSPS) is 12.9. The standard InChI is InChI=1S/C17H14O3/c1-19-15-8-6-12(7-9-15)17(18)14-10-13-4-2-3-5-16(13)20-11-14/h2-10H,11H2,1H3. The minimum Gasteiger partial charge on any atom is -0.497 e. The number of benzene rings is 2. The molecule has 3 rings (SSSR count). The summed E-state index contributed by atoms with van der Waals surface area (Å²) in [5, 5.41) is 0. The SMILES string of the molecule is COc1ccc(C(=O)C2=Cc3ccccc3OC2)cc1. The number of ether oxygens (including phenoxy) is 2. The van der Waals surface area contributed by atoms with Crippen molar-refractivity contribution >= 4 is 11.9 Å². The highest BCUT2D eigenvalue weighted by atomic mass is 16.5. The maximum atomic E-state index is 12.4. The Hall–Kier alpha value is -2.55. The second-order valence-electron chi connectivity index (χ2n) is 4.55. The predicted octanol–water partition coefficient (Wildman–Crippen LogP) is 3.35. The Kier molecular flexibility index (Phi) is 3.25. The van der Waals surface area contributed by atoms with Crippen molar-refractivity contribution in [2.75, 3.05) is 13.7 Å². The molecule has 1 heterocycles. The molecule has 0 radical (unpaired) electrons. The Labute approximate surface area is 117 Å². The molecule has 0 saturated heterocycles. The first-order valence-corrected chi connectivity index (χ1v) is 6.39. The van der Waals surface area contributed by atoms with E-state index >= 15 is 0 Å². The van der Waals surface area contributed by atoms with Crippen LogP contribution in [0.1, 0.15) is 15.9 Å². The van der Waals surface area contributed by atoms with Crippen LogP contribution in [-0.2, 0) is 0 Å². The monoisotopic (exact) mass is 266 g/mol. The van der Waals surface area contributed by atoms with Crippen LogP contribution in [0, 0.1) is 0 Å². The summed E-state index contributed by atoms with van der Waals surface area (Å²) in [6.07, 6.45) is 1.89. The lowest BCUT2D eigenvalue weighted by Gasteiger charge is -2.17. The second kappa shape index (κ2) is 5.21. The number of Topliss-reactive ketones (excluding diaryl/α,β-unsaturated/α-hetero) is 1. The van der Waals surface area contributed by atoms with E-state index < -0.39 is 0 Å². The molecule has 1 aliphatic heterocycles. The van der Waals surface area contributed by atoms with E-state index in [2.05, 4.69) is 0 Å². The molecule has 20 heavy (non-hydrogen) atoms. The number of ketones is 1. The van der Waals surface area contributed by atoms with Crippen LogP contribution in [0.2, 0.25) is 0 Å². The van der Waals surface area contributed by atoms with Crippen LogP contribution < -0.4 is 9.47 Å². The fourth-order valence-electron chi connectivity index (χ4n) is 2.17. The number of rotatable bonds is 3. The molecular formula is C17H14O3. The zero-order valence-corrected chi connectivity index (χ0v) is 11.1. The molecule has 2 aromatic carbocycles. The summed E-state index contributed by atoms with van der Waals surface area (Å²) in [6, 6.07) is 14.8. The van der Waals surface area contributed by atoms with E-state index in [1.165, 1.54) is 0 Å². The molecule has 100 valence electrons. The lowest BCUT2D eigenvalue weighted by Crippen LogP contribution is -2.15. The Balaban J connectivity index is 1.89. The molecule has 0 N–H and O–H groups in total. The third kappa shape index (κ3) is 2.30. The van der Waals surface area contributed by atoms with Gasteiger partial charge in [0, 0.05) is 16.7 Å². The number of hydrogen-bond donors (Lipinski definition) is 0. The summed E-state index contributed by atoms with van der Waals surface area (Å²) in [7, 11) is 1.60. The Bertz CT molecular complexity index is 669. The van der Waals surface area contributed by atoms with Gasteiger partial charge >= 0.3 is 0 Å². The van der Waals surface area contributed by atoms with Gasteiger partial charge < -0.3 is 9.47 Å². The summed E-state index contributed by atoms with van der Waals surface area (Å²) in [5.41, 5.74) is 2.24. The highest BCUT2D eigenvalue weighted by Gasteiger charge is 2.18. The average Bonchev–Trinajstić information content (AvgIpc) is 2.54. The zero-order valence-electron chi connectivity index (χ0n) is 11.1. The topological polar surface area (TPSA) is 35.5 Å². The van der Waals surface area contributed by atoms with Gasteiger partial charge in [0.2, 0.25) is 0 Å². The lowest BCUT2D eigenvalue weighted by atomic mass is 9.99. The van der Waals surface area contributed by atoms with Crippen LogP contribution in [0.3, 0.4) is 0 Å². The number of carbonyl (C=O) groups is 1. The fraction of sp³-hybridized carbons (Fsp3) is 0.118. The minimum atomic E-state index is -0.0119.